The van der Waals surface area contributed by atoms with E-state index in [-0.39, 0.29) is 29.7 Å². The van der Waals surface area contributed by atoms with Crippen molar-refractivity contribution in [1.29, 1.82) is 0 Å². The third kappa shape index (κ3) is 2.96. The molecule has 1 aliphatic rings. The van der Waals surface area contributed by atoms with Crippen molar-refractivity contribution in [3.8, 4) is 0 Å². The number of amides is 1. The van der Waals surface area contributed by atoms with Crippen molar-refractivity contribution < 1.29 is 9.18 Å². The van der Waals surface area contributed by atoms with Crippen LogP contribution in [0.5, 0.6) is 0 Å². The number of rotatable bonds is 4. The zero-order valence-corrected chi connectivity index (χ0v) is 15.0. The van der Waals surface area contributed by atoms with Gasteiger partial charge in [0.05, 0.1) is 17.1 Å². The second-order valence-corrected chi connectivity index (χ2v) is 7.21. The van der Waals surface area contributed by atoms with Crippen LogP contribution < -0.4 is 5.32 Å². The van der Waals surface area contributed by atoms with Gasteiger partial charge in [-0.2, -0.15) is 5.10 Å². The van der Waals surface area contributed by atoms with Crippen LogP contribution in [0, 0.1) is 12.7 Å². The van der Waals surface area contributed by atoms with Crippen LogP contribution in [0.1, 0.15) is 53.8 Å². The van der Waals surface area contributed by atoms with Crippen LogP contribution in [0.25, 0.3) is 11.0 Å². The molecule has 1 fully saturated rings. The number of benzene rings is 1. The Balaban J connectivity index is 1.57. The van der Waals surface area contributed by atoms with E-state index < -0.39 is 0 Å². The maximum atomic E-state index is 13.1. The van der Waals surface area contributed by atoms with Gasteiger partial charge >= 0.3 is 0 Å². The highest BCUT2D eigenvalue weighted by Crippen LogP contribution is 2.41. The van der Waals surface area contributed by atoms with E-state index in [9.17, 15) is 9.18 Å². The smallest absolute Gasteiger partial charge is 0.252 e. The maximum Gasteiger partial charge on any atom is 0.252 e. The van der Waals surface area contributed by atoms with Crippen molar-refractivity contribution >= 4 is 16.9 Å². The molecule has 4 rings (SSSR count). The average molecular weight is 352 g/mol. The van der Waals surface area contributed by atoms with Gasteiger partial charge in [-0.25, -0.2) is 14.1 Å². The lowest BCUT2D eigenvalue weighted by atomic mass is 10.1. The van der Waals surface area contributed by atoms with Gasteiger partial charge in [-0.05, 0) is 51.0 Å². The minimum absolute atomic E-state index is 0.0802. The Morgan fingerprint density at radius 3 is 2.73 bits per heavy atom. The Morgan fingerprint density at radius 2 is 2.04 bits per heavy atom. The molecule has 0 aliphatic heterocycles. The molecular weight excluding hydrogens is 331 g/mol. The van der Waals surface area contributed by atoms with Gasteiger partial charge in [0, 0.05) is 23.7 Å². The standard InChI is InChI=1S/C20H21FN4O/c1-11(2)25-19-17(10-22-25)16(8-12(3)23-19)20(26)24-18-9-15(18)13-4-6-14(21)7-5-13/h4-8,10-11,15,18H,9H2,1-3H3,(H,24,26)/t15-,18+/m0/s1. The number of pyridine rings is 1. The highest BCUT2D eigenvalue weighted by atomic mass is 19.1. The molecule has 2 atom stereocenters. The summed E-state index contributed by atoms with van der Waals surface area (Å²) < 4.78 is 14.9. The first-order valence-corrected chi connectivity index (χ1v) is 8.85. The Labute approximate surface area is 151 Å². The molecule has 26 heavy (non-hydrogen) atoms. The van der Waals surface area contributed by atoms with Crippen molar-refractivity contribution in [2.45, 2.75) is 45.2 Å². The summed E-state index contributed by atoms with van der Waals surface area (Å²) in [5, 5.41) is 8.24. The molecule has 134 valence electrons. The summed E-state index contributed by atoms with van der Waals surface area (Å²) in [5.41, 5.74) is 3.18. The maximum absolute atomic E-state index is 13.1. The van der Waals surface area contributed by atoms with Crippen LogP contribution in [0.2, 0.25) is 0 Å². The van der Waals surface area contributed by atoms with Crippen LogP contribution in [-0.4, -0.2) is 26.7 Å². The molecule has 2 aromatic heterocycles. The van der Waals surface area contributed by atoms with Gasteiger partial charge in [-0.1, -0.05) is 12.1 Å². The molecule has 1 amide bonds. The summed E-state index contributed by atoms with van der Waals surface area (Å²) >= 11 is 0. The zero-order valence-electron chi connectivity index (χ0n) is 15.0. The minimum atomic E-state index is -0.244. The first-order valence-electron chi connectivity index (χ1n) is 8.85. The summed E-state index contributed by atoms with van der Waals surface area (Å²) in [4.78, 5) is 17.4. The van der Waals surface area contributed by atoms with Crippen LogP contribution >= 0.6 is 0 Å². The molecule has 1 aromatic carbocycles. The monoisotopic (exact) mass is 352 g/mol. The molecule has 6 heteroatoms. The van der Waals surface area contributed by atoms with Crippen LogP contribution in [0.3, 0.4) is 0 Å². The third-order valence-corrected chi connectivity index (χ3v) is 4.83. The molecule has 3 aromatic rings. The first-order chi connectivity index (χ1) is 12.4. The fourth-order valence-electron chi connectivity index (χ4n) is 3.39. The topological polar surface area (TPSA) is 59.8 Å². The summed E-state index contributed by atoms with van der Waals surface area (Å²) in [7, 11) is 0. The number of hydrogen-bond donors (Lipinski definition) is 1. The SMILES string of the molecule is Cc1cc(C(=O)N[C@@H]2C[C@H]2c2ccc(F)cc2)c2cnn(C(C)C)c2n1. The summed E-state index contributed by atoms with van der Waals surface area (Å²) in [5.74, 6) is -0.110. The predicted molar refractivity (Wildman–Crippen MR) is 97.7 cm³/mol. The summed E-state index contributed by atoms with van der Waals surface area (Å²) in [6.45, 7) is 5.95. The van der Waals surface area contributed by atoms with E-state index in [1.165, 1.54) is 12.1 Å². The Bertz CT molecular complexity index is 977. The molecule has 0 saturated heterocycles. The lowest BCUT2D eigenvalue weighted by molar-refractivity contribution is 0.0952. The molecule has 0 radical (unpaired) electrons. The van der Waals surface area contributed by atoms with E-state index in [2.05, 4.69) is 15.4 Å². The predicted octanol–water partition coefficient (Wildman–Crippen LogP) is 3.75. The van der Waals surface area contributed by atoms with E-state index >= 15 is 0 Å². The number of nitrogens with zero attached hydrogens (tertiary/aromatic N) is 3. The molecule has 1 saturated carbocycles. The van der Waals surface area contributed by atoms with Gasteiger partial charge in [-0.15, -0.1) is 0 Å². The Hall–Kier alpha value is -2.76. The van der Waals surface area contributed by atoms with E-state index in [0.29, 0.717) is 5.56 Å². The van der Waals surface area contributed by atoms with Crippen LogP contribution in [-0.2, 0) is 0 Å². The Morgan fingerprint density at radius 1 is 1.31 bits per heavy atom. The van der Waals surface area contributed by atoms with Crippen molar-refractivity contribution in [1.82, 2.24) is 20.1 Å². The zero-order chi connectivity index (χ0) is 18.4. The molecule has 0 bridgehead atoms. The largest absolute Gasteiger partial charge is 0.349 e. The molecule has 2 heterocycles. The number of aromatic nitrogens is 3. The normalized spacial score (nSPS) is 19.1. The number of hydrogen-bond acceptors (Lipinski definition) is 3. The van der Waals surface area contributed by atoms with Gasteiger partial charge in [0.15, 0.2) is 5.65 Å². The van der Waals surface area contributed by atoms with Gasteiger partial charge in [-0.3, -0.25) is 4.79 Å². The molecule has 0 spiro atoms. The quantitative estimate of drug-likeness (QED) is 0.778. The van der Waals surface area contributed by atoms with Crippen molar-refractivity contribution in [2.75, 3.05) is 0 Å². The highest BCUT2D eigenvalue weighted by Gasteiger charge is 2.39. The van der Waals surface area contributed by atoms with Crippen LogP contribution in [0.15, 0.2) is 36.5 Å². The van der Waals surface area contributed by atoms with E-state index in [4.69, 9.17) is 0 Å². The molecule has 5 nitrogen and oxygen atoms in total. The van der Waals surface area contributed by atoms with Crippen molar-refractivity contribution in [2.24, 2.45) is 0 Å². The minimum Gasteiger partial charge on any atom is -0.349 e. The van der Waals surface area contributed by atoms with E-state index in [1.807, 2.05) is 25.5 Å². The average Bonchev–Trinajstić information content (AvgIpc) is 3.22. The number of halogens is 1. The third-order valence-electron chi connectivity index (χ3n) is 4.83. The lowest BCUT2D eigenvalue weighted by Crippen LogP contribution is -2.27. The number of fused-ring (bicyclic) bond motifs is 1. The van der Waals surface area contributed by atoms with Crippen LogP contribution in [0.4, 0.5) is 4.39 Å². The lowest BCUT2D eigenvalue weighted by Gasteiger charge is -2.09. The van der Waals surface area contributed by atoms with Gasteiger partial charge in [0.25, 0.3) is 5.91 Å². The number of nitrogens with one attached hydrogen (secondary N) is 1. The molecular formula is C20H21FN4O. The molecule has 0 unspecified atom stereocenters. The van der Waals surface area contributed by atoms with Gasteiger partial charge in [0.2, 0.25) is 0 Å². The summed E-state index contributed by atoms with van der Waals surface area (Å²) in [6, 6.07) is 8.55. The first kappa shape index (κ1) is 16.7. The molecule has 1 N–H and O–H groups in total. The van der Waals surface area contributed by atoms with E-state index in [1.54, 1.807) is 24.4 Å². The fourth-order valence-corrected chi connectivity index (χ4v) is 3.39. The summed E-state index contributed by atoms with van der Waals surface area (Å²) in [6.07, 6.45) is 2.58. The number of carbonyl (C=O) groups is 1. The van der Waals surface area contributed by atoms with Crippen molar-refractivity contribution in [3.05, 3.63) is 59.2 Å². The number of carbonyl (C=O) groups excluding carboxylic acids is 1. The number of aryl methyl sites for hydroxylation is 1. The second-order valence-electron chi connectivity index (χ2n) is 7.21. The Kier molecular flexibility index (Phi) is 3.98. The van der Waals surface area contributed by atoms with Gasteiger partial charge < -0.3 is 5.32 Å². The van der Waals surface area contributed by atoms with Crippen molar-refractivity contribution in [3.63, 3.8) is 0 Å². The highest BCUT2D eigenvalue weighted by molar-refractivity contribution is 6.05. The van der Waals surface area contributed by atoms with E-state index in [0.717, 1.165) is 28.7 Å². The van der Waals surface area contributed by atoms with Gasteiger partial charge in [0.1, 0.15) is 5.82 Å². The fraction of sp³-hybridized carbons (Fsp3) is 0.350. The molecule has 1 aliphatic carbocycles. The second kappa shape index (κ2) is 6.20.